The number of ether oxygens (including phenoxy) is 1. The Labute approximate surface area is 192 Å². The summed E-state index contributed by atoms with van der Waals surface area (Å²) in [6.45, 7) is 0.587. The number of aryl methyl sites for hydroxylation is 1. The third kappa shape index (κ3) is 4.16. The van der Waals surface area contributed by atoms with Crippen LogP contribution < -0.4 is 10.1 Å². The highest BCUT2D eigenvalue weighted by Crippen LogP contribution is 2.53. The maximum absolute atomic E-state index is 11.3. The summed E-state index contributed by atoms with van der Waals surface area (Å²) in [5, 5.41) is 25.5. The number of phenolic OH excluding ortho intramolecular Hbond substituents is 1. The highest BCUT2D eigenvalue weighted by molar-refractivity contribution is 5.68. The first kappa shape index (κ1) is 21.1. The molecular formula is C27H26N2O4. The van der Waals surface area contributed by atoms with E-state index in [4.69, 9.17) is 4.74 Å². The van der Waals surface area contributed by atoms with Gasteiger partial charge in [0.25, 0.3) is 5.69 Å². The van der Waals surface area contributed by atoms with Crippen LogP contribution in [0.1, 0.15) is 41.5 Å². The van der Waals surface area contributed by atoms with Crippen molar-refractivity contribution in [1.29, 1.82) is 0 Å². The number of rotatable bonds is 7. The molecule has 0 radical (unpaired) electrons. The van der Waals surface area contributed by atoms with Gasteiger partial charge in [-0.05, 0) is 48.4 Å². The summed E-state index contributed by atoms with van der Waals surface area (Å²) >= 11 is 0. The number of nitro groups is 1. The van der Waals surface area contributed by atoms with Crippen LogP contribution in [0.3, 0.4) is 0 Å². The Morgan fingerprint density at radius 3 is 2.73 bits per heavy atom. The monoisotopic (exact) mass is 442 g/mol. The molecule has 0 amide bonds. The number of phenols is 1. The van der Waals surface area contributed by atoms with Gasteiger partial charge in [-0.15, -0.1) is 0 Å². The number of non-ortho nitro benzene ring substituents is 1. The molecule has 2 N–H and O–H groups in total. The van der Waals surface area contributed by atoms with Gasteiger partial charge in [0.05, 0.1) is 23.3 Å². The fourth-order valence-electron chi connectivity index (χ4n) is 5.03. The topological polar surface area (TPSA) is 84.6 Å². The number of nitrogens with zero attached hydrogens (tertiary/aromatic N) is 1. The first-order valence-corrected chi connectivity index (χ1v) is 11.3. The summed E-state index contributed by atoms with van der Waals surface area (Å²) in [7, 11) is 0. The number of aromatic hydroxyl groups is 1. The number of anilines is 1. The molecule has 168 valence electrons. The van der Waals surface area contributed by atoms with Crippen molar-refractivity contribution in [3.8, 4) is 11.5 Å². The van der Waals surface area contributed by atoms with Crippen LogP contribution in [0.4, 0.5) is 11.4 Å². The third-order valence-electron chi connectivity index (χ3n) is 6.63. The normalized spacial score (nSPS) is 20.5. The van der Waals surface area contributed by atoms with Crippen molar-refractivity contribution in [2.24, 2.45) is 5.92 Å². The Balaban J connectivity index is 1.40. The van der Waals surface area contributed by atoms with E-state index in [-0.39, 0.29) is 29.3 Å². The first-order chi connectivity index (χ1) is 16.1. The molecule has 3 aromatic carbocycles. The van der Waals surface area contributed by atoms with Gasteiger partial charge in [0.15, 0.2) is 0 Å². The van der Waals surface area contributed by atoms with Crippen molar-refractivity contribution in [2.45, 2.75) is 31.2 Å². The van der Waals surface area contributed by atoms with Crippen LogP contribution in [0.25, 0.3) is 0 Å². The van der Waals surface area contributed by atoms with Gasteiger partial charge < -0.3 is 15.2 Å². The predicted molar refractivity (Wildman–Crippen MR) is 128 cm³/mol. The number of nitro benzene ring substituents is 1. The van der Waals surface area contributed by atoms with E-state index in [1.54, 1.807) is 0 Å². The Bertz CT molecular complexity index is 1190. The number of benzene rings is 3. The molecule has 33 heavy (non-hydrogen) atoms. The van der Waals surface area contributed by atoms with Crippen molar-refractivity contribution in [1.82, 2.24) is 0 Å². The number of hydrogen-bond acceptors (Lipinski definition) is 5. The van der Waals surface area contributed by atoms with Gasteiger partial charge in [-0.25, -0.2) is 0 Å². The molecule has 1 aliphatic heterocycles. The molecule has 0 bridgehead atoms. The van der Waals surface area contributed by atoms with Crippen LogP contribution in [0.15, 0.2) is 78.9 Å². The number of para-hydroxylation sites is 1. The van der Waals surface area contributed by atoms with E-state index in [1.165, 1.54) is 23.8 Å². The van der Waals surface area contributed by atoms with Crippen LogP contribution in [0.5, 0.6) is 11.5 Å². The lowest BCUT2D eigenvalue weighted by atomic mass is 9.76. The first-order valence-electron chi connectivity index (χ1n) is 11.3. The zero-order valence-electron chi connectivity index (χ0n) is 18.2. The van der Waals surface area contributed by atoms with Gasteiger partial charge >= 0.3 is 0 Å². The Morgan fingerprint density at radius 1 is 1.06 bits per heavy atom. The van der Waals surface area contributed by atoms with Gasteiger partial charge in [-0.2, -0.15) is 0 Å². The van der Waals surface area contributed by atoms with E-state index in [2.05, 4.69) is 35.7 Å². The van der Waals surface area contributed by atoms with Crippen molar-refractivity contribution in [3.63, 3.8) is 0 Å². The fraction of sp³-hybridized carbons (Fsp3) is 0.259. The number of fused-ring (bicyclic) bond motifs is 3. The standard InChI is InChI=1S/C27H26N2O4/c30-24-15-14-19(29(31)32)17-23(24)26-21-11-4-10-20(21)22-12-5-13-25(27(22)28-26)33-16-6-9-18-7-2-1-3-8-18/h1-5,7-8,10,12-15,17,20-21,26,28,30H,6,9,11,16H2. The van der Waals surface area contributed by atoms with Crippen molar-refractivity contribution < 1.29 is 14.8 Å². The smallest absolute Gasteiger partial charge is 0.270 e. The Hall–Kier alpha value is -3.80. The molecule has 0 fully saturated rings. The molecule has 3 unspecified atom stereocenters. The molecule has 1 heterocycles. The zero-order chi connectivity index (χ0) is 22.8. The van der Waals surface area contributed by atoms with Crippen LogP contribution in [-0.2, 0) is 6.42 Å². The zero-order valence-corrected chi connectivity index (χ0v) is 18.2. The highest BCUT2D eigenvalue weighted by Gasteiger charge is 2.40. The van der Waals surface area contributed by atoms with Crippen LogP contribution in [0.2, 0.25) is 0 Å². The summed E-state index contributed by atoms with van der Waals surface area (Å²) in [5.41, 5.74) is 3.88. The molecule has 6 nitrogen and oxygen atoms in total. The molecule has 3 aromatic rings. The van der Waals surface area contributed by atoms with E-state index < -0.39 is 4.92 Å². The van der Waals surface area contributed by atoms with E-state index in [9.17, 15) is 15.2 Å². The van der Waals surface area contributed by atoms with Gasteiger partial charge in [0.2, 0.25) is 0 Å². The molecule has 2 aliphatic rings. The second-order valence-corrected chi connectivity index (χ2v) is 8.63. The van der Waals surface area contributed by atoms with Gasteiger partial charge in [-0.1, -0.05) is 54.6 Å². The minimum absolute atomic E-state index is 0.0247. The van der Waals surface area contributed by atoms with Crippen LogP contribution >= 0.6 is 0 Å². The fourth-order valence-corrected chi connectivity index (χ4v) is 5.03. The van der Waals surface area contributed by atoms with Crippen molar-refractivity contribution in [2.75, 3.05) is 11.9 Å². The second kappa shape index (κ2) is 8.98. The van der Waals surface area contributed by atoms with Crippen LogP contribution in [-0.4, -0.2) is 16.6 Å². The van der Waals surface area contributed by atoms with Crippen LogP contribution in [0, 0.1) is 16.0 Å². The second-order valence-electron chi connectivity index (χ2n) is 8.63. The molecule has 1 aliphatic carbocycles. The minimum Gasteiger partial charge on any atom is -0.508 e. The van der Waals surface area contributed by atoms with Gasteiger partial charge in [0.1, 0.15) is 11.5 Å². The van der Waals surface area contributed by atoms with E-state index in [0.29, 0.717) is 12.2 Å². The summed E-state index contributed by atoms with van der Waals surface area (Å²) < 4.78 is 6.19. The lowest BCUT2D eigenvalue weighted by Crippen LogP contribution is -2.29. The minimum atomic E-state index is -0.425. The largest absolute Gasteiger partial charge is 0.508 e. The quantitative estimate of drug-likeness (QED) is 0.199. The number of hydrogen-bond donors (Lipinski definition) is 2. The number of allylic oxidation sites excluding steroid dienone is 2. The maximum atomic E-state index is 11.3. The molecule has 0 spiro atoms. The summed E-state index contributed by atoms with van der Waals surface area (Å²) in [5.74, 6) is 1.17. The molecule has 5 rings (SSSR count). The maximum Gasteiger partial charge on any atom is 0.270 e. The molecule has 0 saturated heterocycles. The number of nitrogens with one attached hydrogen (secondary N) is 1. The lowest BCUT2D eigenvalue weighted by Gasteiger charge is -2.38. The third-order valence-corrected chi connectivity index (χ3v) is 6.63. The van der Waals surface area contributed by atoms with Gasteiger partial charge in [0, 0.05) is 23.6 Å². The molecule has 0 aromatic heterocycles. The average molecular weight is 443 g/mol. The van der Waals surface area contributed by atoms with Crippen molar-refractivity contribution in [3.05, 3.63) is 106 Å². The van der Waals surface area contributed by atoms with Gasteiger partial charge in [-0.3, -0.25) is 10.1 Å². The Kier molecular flexibility index (Phi) is 5.73. The predicted octanol–water partition coefficient (Wildman–Crippen LogP) is 6.14. The summed E-state index contributed by atoms with van der Waals surface area (Å²) in [6.07, 6.45) is 7.04. The summed E-state index contributed by atoms with van der Waals surface area (Å²) in [4.78, 5) is 10.9. The molecule has 3 atom stereocenters. The SMILES string of the molecule is O=[N+]([O-])c1ccc(O)c(C2Nc3c(OCCCc4ccccc4)cccc3C3C=CCC32)c1. The Morgan fingerprint density at radius 2 is 1.91 bits per heavy atom. The molecule has 6 heteroatoms. The average Bonchev–Trinajstić information content (AvgIpc) is 3.33. The molecular weight excluding hydrogens is 416 g/mol. The van der Waals surface area contributed by atoms with E-state index in [1.807, 2.05) is 30.3 Å². The summed E-state index contributed by atoms with van der Waals surface area (Å²) in [6, 6.07) is 20.4. The van der Waals surface area contributed by atoms with E-state index in [0.717, 1.165) is 36.3 Å². The van der Waals surface area contributed by atoms with E-state index >= 15 is 0 Å². The lowest BCUT2D eigenvalue weighted by molar-refractivity contribution is -0.385. The van der Waals surface area contributed by atoms with Crippen molar-refractivity contribution >= 4 is 11.4 Å². The molecule has 0 saturated carbocycles. The highest BCUT2D eigenvalue weighted by atomic mass is 16.6.